The Hall–Kier alpha value is -3.68. The summed E-state index contributed by atoms with van der Waals surface area (Å²) in [6, 6.07) is 10.5. The van der Waals surface area contributed by atoms with E-state index in [-0.39, 0.29) is 17.0 Å². The van der Waals surface area contributed by atoms with E-state index in [0.29, 0.717) is 0 Å². The van der Waals surface area contributed by atoms with Gasteiger partial charge in [0.15, 0.2) is 0 Å². The molecule has 1 spiro atoms. The van der Waals surface area contributed by atoms with Gasteiger partial charge in [0.25, 0.3) is 0 Å². The molecule has 4 aromatic heterocycles. The maximum absolute atomic E-state index is 13.4. The van der Waals surface area contributed by atoms with Crippen molar-refractivity contribution in [1.29, 1.82) is 0 Å². The standard InChI is InChI=1S/C26H27N7O/c34-24(30-26(5-1-6-26)20-3-9-27-10-4-20)32-12-7-25(17-32)8-13-33-22(25)15-21(31-33)19-14-18-2-11-28-23(18)29-16-19/h2-4,9-11,14-16H,1,5-8,12-13,17H2,(H,28,29)(H,30,34). The molecule has 172 valence electrons. The van der Waals surface area contributed by atoms with E-state index in [1.54, 1.807) is 0 Å². The van der Waals surface area contributed by atoms with E-state index < -0.39 is 0 Å². The second kappa shape index (κ2) is 7.16. The van der Waals surface area contributed by atoms with Crippen molar-refractivity contribution in [1.82, 2.24) is 34.9 Å². The molecule has 8 nitrogen and oxygen atoms in total. The largest absolute Gasteiger partial charge is 0.346 e. The summed E-state index contributed by atoms with van der Waals surface area (Å²) < 4.78 is 2.14. The second-order valence-corrected chi connectivity index (χ2v) is 10.1. The molecule has 0 aromatic carbocycles. The van der Waals surface area contributed by atoms with Gasteiger partial charge < -0.3 is 15.2 Å². The third-order valence-corrected chi connectivity index (χ3v) is 8.25. The van der Waals surface area contributed by atoms with Gasteiger partial charge in [-0.1, -0.05) is 0 Å². The summed E-state index contributed by atoms with van der Waals surface area (Å²) in [5, 5.41) is 9.38. The molecule has 0 radical (unpaired) electrons. The highest BCUT2D eigenvalue weighted by Gasteiger charge is 2.48. The Morgan fingerprint density at radius 2 is 1.91 bits per heavy atom. The third-order valence-electron chi connectivity index (χ3n) is 8.25. The molecule has 3 aliphatic rings. The van der Waals surface area contributed by atoms with Gasteiger partial charge in [-0.15, -0.1) is 0 Å². The van der Waals surface area contributed by atoms with Crippen molar-refractivity contribution < 1.29 is 4.79 Å². The SMILES string of the molecule is O=C(NC1(c2ccncc2)CCC1)N1CCC2(CCn3nc(-c4cnc5[nH]ccc5c4)cc32)C1. The fraction of sp³-hybridized carbons (Fsp3) is 0.385. The Morgan fingerprint density at radius 1 is 1.06 bits per heavy atom. The molecular weight excluding hydrogens is 426 g/mol. The van der Waals surface area contributed by atoms with Crippen LogP contribution in [0.2, 0.25) is 0 Å². The fourth-order valence-electron chi connectivity index (χ4n) is 6.11. The highest BCUT2D eigenvalue weighted by Crippen LogP contribution is 2.45. The van der Waals surface area contributed by atoms with Gasteiger partial charge in [-0.25, -0.2) is 9.78 Å². The number of urea groups is 1. The molecule has 2 N–H and O–H groups in total. The van der Waals surface area contributed by atoms with Crippen LogP contribution in [0.4, 0.5) is 4.79 Å². The molecule has 6 heterocycles. The lowest BCUT2D eigenvalue weighted by Gasteiger charge is -2.43. The van der Waals surface area contributed by atoms with Crippen LogP contribution in [0.15, 0.2) is 55.1 Å². The topological polar surface area (TPSA) is 91.7 Å². The first-order valence-electron chi connectivity index (χ1n) is 12.1. The zero-order chi connectivity index (χ0) is 22.8. The van der Waals surface area contributed by atoms with E-state index in [4.69, 9.17) is 5.10 Å². The number of likely N-dealkylation sites (tertiary alicyclic amines) is 1. The first kappa shape index (κ1) is 19.8. The van der Waals surface area contributed by atoms with Crippen molar-refractivity contribution in [3.63, 3.8) is 0 Å². The molecule has 7 rings (SSSR count). The van der Waals surface area contributed by atoms with Crippen molar-refractivity contribution >= 4 is 17.1 Å². The molecule has 8 heteroatoms. The van der Waals surface area contributed by atoms with Crippen molar-refractivity contribution in [3.8, 4) is 11.3 Å². The van der Waals surface area contributed by atoms with Gasteiger partial charge in [0.2, 0.25) is 0 Å². The number of amides is 2. The Balaban J connectivity index is 1.12. The molecule has 2 fully saturated rings. The van der Waals surface area contributed by atoms with Crippen LogP contribution >= 0.6 is 0 Å². The van der Waals surface area contributed by atoms with Gasteiger partial charge in [0.05, 0.1) is 11.2 Å². The van der Waals surface area contributed by atoms with Crippen molar-refractivity contribution in [2.24, 2.45) is 0 Å². The number of H-pyrrole nitrogens is 1. The maximum atomic E-state index is 13.4. The number of carbonyl (C=O) groups is 1. The van der Waals surface area contributed by atoms with Crippen molar-refractivity contribution in [2.45, 2.75) is 49.6 Å². The Bertz CT molecular complexity index is 1390. The summed E-state index contributed by atoms with van der Waals surface area (Å²) in [5.74, 6) is 0. The lowest BCUT2D eigenvalue weighted by Crippen LogP contribution is -2.54. The third kappa shape index (κ3) is 2.90. The minimum Gasteiger partial charge on any atom is -0.346 e. The summed E-state index contributed by atoms with van der Waals surface area (Å²) in [6.07, 6.45) is 12.5. The molecular formula is C26H27N7O. The number of carbonyl (C=O) groups excluding carboxylic acids is 1. The number of aromatic amines is 1. The maximum Gasteiger partial charge on any atom is 0.318 e. The number of nitrogens with zero attached hydrogens (tertiary/aromatic N) is 5. The summed E-state index contributed by atoms with van der Waals surface area (Å²) in [4.78, 5) is 27.2. The van der Waals surface area contributed by atoms with E-state index in [2.05, 4.69) is 37.1 Å². The van der Waals surface area contributed by atoms with Crippen LogP contribution in [0, 0.1) is 0 Å². The normalized spacial score (nSPS) is 22.8. The van der Waals surface area contributed by atoms with Crippen LogP contribution in [0.25, 0.3) is 22.3 Å². The van der Waals surface area contributed by atoms with Crippen LogP contribution in [0.1, 0.15) is 43.4 Å². The molecule has 1 saturated heterocycles. The average molecular weight is 454 g/mol. The van der Waals surface area contributed by atoms with E-state index in [1.165, 1.54) is 5.69 Å². The predicted octanol–water partition coefficient (Wildman–Crippen LogP) is 3.96. The van der Waals surface area contributed by atoms with Gasteiger partial charge in [0.1, 0.15) is 5.65 Å². The number of aromatic nitrogens is 5. The Labute approximate surface area is 197 Å². The first-order chi connectivity index (χ1) is 16.6. The van der Waals surface area contributed by atoms with Crippen LogP contribution < -0.4 is 5.32 Å². The number of nitrogens with one attached hydrogen (secondary N) is 2. The summed E-state index contributed by atoms with van der Waals surface area (Å²) in [7, 11) is 0. The second-order valence-electron chi connectivity index (χ2n) is 10.1. The molecule has 1 saturated carbocycles. The first-order valence-corrected chi connectivity index (χ1v) is 12.1. The molecule has 0 bridgehead atoms. The molecule has 1 atom stereocenters. The Morgan fingerprint density at radius 3 is 2.74 bits per heavy atom. The van der Waals surface area contributed by atoms with Gasteiger partial charge >= 0.3 is 6.03 Å². The van der Waals surface area contributed by atoms with Gasteiger partial charge in [-0.05, 0) is 68.0 Å². The van der Waals surface area contributed by atoms with E-state index in [9.17, 15) is 4.79 Å². The molecule has 1 aliphatic carbocycles. The lowest BCUT2D eigenvalue weighted by atomic mass is 9.72. The number of aryl methyl sites for hydroxylation is 1. The van der Waals surface area contributed by atoms with Gasteiger partial charge in [-0.3, -0.25) is 9.67 Å². The number of hydrogen-bond acceptors (Lipinski definition) is 4. The average Bonchev–Trinajstić information content (AvgIpc) is 3.62. The van der Waals surface area contributed by atoms with Crippen molar-refractivity contribution in [2.75, 3.05) is 13.1 Å². The highest BCUT2D eigenvalue weighted by atomic mass is 16.2. The van der Waals surface area contributed by atoms with Crippen LogP contribution in [-0.2, 0) is 17.5 Å². The predicted molar refractivity (Wildman–Crippen MR) is 128 cm³/mol. The fourth-order valence-corrected chi connectivity index (χ4v) is 6.11. The summed E-state index contributed by atoms with van der Waals surface area (Å²) in [5.41, 5.74) is 5.02. The monoisotopic (exact) mass is 453 g/mol. The van der Waals surface area contributed by atoms with Crippen LogP contribution in [-0.4, -0.2) is 48.8 Å². The minimum absolute atomic E-state index is 0.0162. The molecule has 34 heavy (non-hydrogen) atoms. The van der Waals surface area contributed by atoms with Crippen LogP contribution in [0.5, 0.6) is 0 Å². The van der Waals surface area contributed by atoms with Gasteiger partial charge in [-0.2, -0.15) is 5.10 Å². The number of fused-ring (bicyclic) bond motifs is 3. The van der Waals surface area contributed by atoms with Gasteiger partial charge in [0, 0.05) is 66.5 Å². The Kier molecular flexibility index (Phi) is 4.16. The lowest BCUT2D eigenvalue weighted by molar-refractivity contribution is 0.154. The van der Waals surface area contributed by atoms with E-state index in [1.807, 2.05) is 47.9 Å². The zero-order valence-corrected chi connectivity index (χ0v) is 19.0. The highest BCUT2D eigenvalue weighted by molar-refractivity contribution is 5.80. The smallest absolute Gasteiger partial charge is 0.318 e. The number of hydrogen-bond donors (Lipinski definition) is 2. The minimum atomic E-state index is -0.246. The zero-order valence-electron chi connectivity index (χ0n) is 19.0. The van der Waals surface area contributed by atoms with Crippen molar-refractivity contribution in [3.05, 3.63) is 66.4 Å². The van der Waals surface area contributed by atoms with E-state index in [0.717, 1.165) is 79.6 Å². The molecule has 4 aromatic rings. The molecule has 2 amide bonds. The summed E-state index contributed by atoms with van der Waals surface area (Å²) in [6.45, 7) is 2.41. The molecule has 1 unspecified atom stereocenters. The quantitative estimate of drug-likeness (QED) is 0.491. The molecule has 2 aliphatic heterocycles. The van der Waals surface area contributed by atoms with Crippen LogP contribution in [0.3, 0.4) is 0 Å². The number of rotatable bonds is 3. The van der Waals surface area contributed by atoms with E-state index >= 15 is 0 Å². The number of pyridine rings is 2. The summed E-state index contributed by atoms with van der Waals surface area (Å²) >= 11 is 0.